The zero-order chi connectivity index (χ0) is 42.1. The fourth-order valence-corrected chi connectivity index (χ4v) is 15.9. The van der Waals surface area contributed by atoms with Crippen LogP contribution < -0.4 is 36.9 Å². The standard InChI is InChI=1S/C42H32N3O12P3/c46-25-31-1-13-37(14-2-31)52-59(53-38-15-3-32(26-47)4-16-38,54-39-17-5-33(27-48)6-18-39)43-58-44-60(45-59,55-40-19-7-34(28-49)8-20-40,56-41-21-9-35(29-50)10-22-41)57-42-23-11-36(30-51)12-24-42/h1-30,45H,(H,43,44). The van der Waals surface area contributed by atoms with E-state index in [-0.39, 0.29) is 43.0 Å². The van der Waals surface area contributed by atoms with E-state index in [4.69, 9.17) is 31.7 Å². The Balaban J connectivity index is 1.55. The average Bonchev–Trinajstić information content (AvgIpc) is 3.28. The van der Waals surface area contributed by atoms with Gasteiger partial charge in [0.2, 0.25) is 0 Å². The maximum atomic E-state index is 11.7. The van der Waals surface area contributed by atoms with Gasteiger partial charge in [0.1, 0.15) is 0 Å². The minimum atomic E-state index is -5.75. The SMILES string of the molecule is O=Cc1ccc(OP2(Oc3ccc(C=O)cc3)(Oc3ccc(C=O)cc3)N=PNP(Oc3ccc(C=O)cc3)(Oc3ccc(C=O)cc3)(Oc3ccc(C=O)cc3)N2)cc1. The summed E-state index contributed by atoms with van der Waals surface area (Å²) in [7, 11) is -11.5. The molecule has 0 aliphatic carbocycles. The van der Waals surface area contributed by atoms with Gasteiger partial charge in [-0.2, -0.15) is 0 Å². The van der Waals surface area contributed by atoms with Crippen molar-refractivity contribution in [3.8, 4) is 34.5 Å². The number of carbonyl (C=O) groups is 6. The fraction of sp³-hybridized carbons (Fsp3) is 0. The number of hydrogen-bond acceptors (Lipinski definition) is 15. The molecule has 2 N–H and O–H groups in total. The van der Waals surface area contributed by atoms with Crippen molar-refractivity contribution in [2.24, 2.45) is 4.52 Å². The Morgan fingerprint density at radius 1 is 0.350 bits per heavy atom. The van der Waals surface area contributed by atoms with E-state index in [0.717, 1.165) is 0 Å². The first kappa shape index (κ1) is 41.2. The van der Waals surface area contributed by atoms with Crippen molar-refractivity contribution in [2.75, 3.05) is 0 Å². The molecule has 7 rings (SSSR count). The van der Waals surface area contributed by atoms with Gasteiger partial charge >= 0.3 is 345 Å². The van der Waals surface area contributed by atoms with Gasteiger partial charge in [-0.1, -0.05) is 0 Å². The van der Waals surface area contributed by atoms with Gasteiger partial charge < -0.3 is 0 Å². The first-order valence-corrected chi connectivity index (χ1v) is 22.5. The monoisotopic (exact) mass is 863 g/mol. The van der Waals surface area contributed by atoms with Gasteiger partial charge in [0.25, 0.3) is 0 Å². The van der Waals surface area contributed by atoms with Crippen LogP contribution in [-0.2, 0) is 0 Å². The first-order valence-electron chi connectivity index (χ1n) is 17.7. The number of nitrogens with zero attached hydrogens (tertiary/aromatic N) is 1. The predicted octanol–water partition coefficient (Wildman–Crippen LogP) is 9.83. The van der Waals surface area contributed by atoms with Crippen LogP contribution in [0.4, 0.5) is 0 Å². The van der Waals surface area contributed by atoms with Gasteiger partial charge in [-0.05, 0) is 0 Å². The molecule has 0 saturated carbocycles. The van der Waals surface area contributed by atoms with Crippen LogP contribution >= 0.6 is 23.7 Å². The molecule has 0 amide bonds. The zero-order valence-corrected chi connectivity index (χ0v) is 33.7. The van der Waals surface area contributed by atoms with Crippen LogP contribution in [0, 0.1) is 0 Å². The van der Waals surface area contributed by atoms with Gasteiger partial charge in [0.15, 0.2) is 0 Å². The second-order valence-electron chi connectivity index (χ2n) is 12.8. The van der Waals surface area contributed by atoms with E-state index in [9.17, 15) is 28.8 Å². The van der Waals surface area contributed by atoms with Gasteiger partial charge in [-0.15, -0.1) is 0 Å². The molecule has 302 valence electrons. The van der Waals surface area contributed by atoms with E-state index in [1.165, 1.54) is 146 Å². The number of rotatable bonds is 18. The van der Waals surface area contributed by atoms with Gasteiger partial charge in [0, 0.05) is 0 Å². The Hall–Kier alpha value is -6.98. The molecule has 0 bridgehead atoms. The third-order valence-corrected chi connectivity index (χ3v) is 17.7. The van der Waals surface area contributed by atoms with Crippen molar-refractivity contribution in [1.82, 2.24) is 9.72 Å². The van der Waals surface area contributed by atoms with E-state index in [1.807, 2.05) is 0 Å². The van der Waals surface area contributed by atoms with E-state index >= 15 is 0 Å². The van der Waals surface area contributed by atoms with Crippen molar-refractivity contribution < 1.29 is 55.9 Å². The Labute approximate surface area is 344 Å². The van der Waals surface area contributed by atoms with Crippen molar-refractivity contribution in [3.05, 3.63) is 179 Å². The van der Waals surface area contributed by atoms with Crippen LogP contribution in [0.3, 0.4) is 0 Å². The number of nitrogens with one attached hydrogen (secondary N) is 2. The van der Waals surface area contributed by atoms with Crippen LogP contribution in [0.15, 0.2) is 150 Å². The number of aldehydes is 6. The summed E-state index contributed by atoms with van der Waals surface area (Å²) in [4.78, 5) is 76.8. The maximum absolute atomic E-state index is 11.7. The third kappa shape index (κ3) is 9.01. The van der Waals surface area contributed by atoms with Crippen molar-refractivity contribution >= 4 is 61.4 Å². The molecule has 6 aromatic rings. The molecule has 1 aliphatic rings. The molecule has 15 nitrogen and oxygen atoms in total. The summed E-state index contributed by atoms with van der Waals surface area (Å²) in [5.41, 5.74) is 1.94. The van der Waals surface area contributed by atoms with Gasteiger partial charge in [-0.3, -0.25) is 0 Å². The van der Waals surface area contributed by atoms with Crippen molar-refractivity contribution in [3.63, 3.8) is 0 Å². The average molecular weight is 864 g/mol. The molecule has 0 atom stereocenters. The molecule has 0 unspecified atom stereocenters. The van der Waals surface area contributed by atoms with E-state index in [1.54, 1.807) is 0 Å². The number of carbonyl (C=O) groups excluding carboxylic acids is 6. The summed E-state index contributed by atoms with van der Waals surface area (Å²) in [6, 6.07) is 35.8. The minimum absolute atomic E-state index is 0.0678. The molecule has 0 radical (unpaired) electrons. The Morgan fingerprint density at radius 2 is 0.567 bits per heavy atom. The van der Waals surface area contributed by atoms with E-state index in [2.05, 4.69) is 9.72 Å². The number of hydrogen-bond donors (Lipinski definition) is 2. The molecular weight excluding hydrogens is 831 g/mol. The third-order valence-electron chi connectivity index (χ3n) is 8.47. The first-order chi connectivity index (χ1) is 29.1. The quantitative estimate of drug-likeness (QED) is 0.0612. The van der Waals surface area contributed by atoms with Crippen LogP contribution in [0.2, 0.25) is 0 Å². The number of benzene rings is 6. The normalized spacial score (nSPS) is 16.9. The molecule has 0 aromatic heterocycles. The Bertz CT molecular complexity index is 2310. The summed E-state index contributed by atoms with van der Waals surface area (Å²) in [5.74, 6) is 0.459. The van der Waals surface area contributed by atoms with Crippen LogP contribution in [0.5, 0.6) is 34.5 Å². The van der Waals surface area contributed by atoms with Crippen LogP contribution in [0.1, 0.15) is 62.1 Å². The summed E-state index contributed by atoms with van der Waals surface area (Å²) in [6.07, 6.45) is 3.91. The van der Waals surface area contributed by atoms with Gasteiger partial charge in [0.05, 0.1) is 0 Å². The zero-order valence-electron chi connectivity index (χ0n) is 31.0. The molecule has 0 fully saturated rings. The van der Waals surface area contributed by atoms with Crippen LogP contribution in [-0.4, -0.2) is 37.7 Å². The molecule has 18 heteroatoms. The molecule has 6 aromatic carbocycles. The second-order valence-corrected chi connectivity index (χ2v) is 19.8. The summed E-state index contributed by atoms with van der Waals surface area (Å²) in [6.45, 7) is 0. The van der Waals surface area contributed by atoms with E-state index in [0.29, 0.717) is 71.1 Å². The summed E-state index contributed by atoms with van der Waals surface area (Å²) >= 11 is 0. The topological polar surface area (TPSA) is 194 Å². The molecule has 0 saturated heterocycles. The molecule has 1 heterocycles. The summed E-state index contributed by atoms with van der Waals surface area (Å²) < 4.78 is 46.5. The molecule has 1 aliphatic heterocycles. The Morgan fingerprint density at radius 3 is 0.783 bits per heavy atom. The van der Waals surface area contributed by atoms with Crippen molar-refractivity contribution in [2.45, 2.75) is 0 Å². The van der Waals surface area contributed by atoms with Gasteiger partial charge in [-0.25, -0.2) is 0 Å². The second kappa shape index (κ2) is 17.1. The molecule has 60 heavy (non-hydrogen) atoms. The predicted molar refractivity (Wildman–Crippen MR) is 224 cm³/mol. The molecular formula is C42H32N3O12P3. The summed E-state index contributed by atoms with van der Waals surface area (Å²) in [5, 5.41) is 0. The van der Waals surface area contributed by atoms with Crippen molar-refractivity contribution in [1.29, 1.82) is 0 Å². The fourth-order valence-electron chi connectivity index (χ4n) is 5.63. The van der Waals surface area contributed by atoms with Crippen LogP contribution in [0.25, 0.3) is 0 Å². The molecule has 0 spiro atoms. The Kier molecular flexibility index (Phi) is 11.7. The van der Waals surface area contributed by atoms with E-state index < -0.39 is 15.2 Å².